The van der Waals surface area contributed by atoms with Gasteiger partial charge in [-0.25, -0.2) is 4.39 Å². The summed E-state index contributed by atoms with van der Waals surface area (Å²) in [4.78, 5) is 12.6. The Morgan fingerprint density at radius 3 is 2.62 bits per heavy atom. The van der Waals surface area contributed by atoms with Crippen molar-refractivity contribution in [3.8, 4) is 0 Å². The molecule has 1 N–H and O–H groups in total. The molecule has 3 aromatic rings. The van der Waals surface area contributed by atoms with E-state index in [1.165, 1.54) is 12.1 Å². The van der Waals surface area contributed by atoms with Gasteiger partial charge in [0.05, 0.1) is 12.8 Å². The molecule has 24 heavy (non-hydrogen) atoms. The number of carbonyl (C=O) groups excluding carboxylic acids is 1. The molecule has 2 heterocycles. The second-order valence-corrected chi connectivity index (χ2v) is 5.79. The van der Waals surface area contributed by atoms with E-state index in [-0.39, 0.29) is 11.7 Å². The standard InChI is InChI=1S/C19H19FN2O2/c1-13-10-14(2)22(12-15-5-7-16(20)8-6-15)18(13)19(23)21-11-17-4-3-9-24-17/h3-10H,11-12H2,1-2H3,(H,21,23). The van der Waals surface area contributed by atoms with Gasteiger partial charge in [0.15, 0.2) is 0 Å². The van der Waals surface area contributed by atoms with E-state index in [2.05, 4.69) is 5.32 Å². The van der Waals surface area contributed by atoms with Crippen LogP contribution in [-0.2, 0) is 13.1 Å². The Labute approximate surface area is 139 Å². The summed E-state index contributed by atoms with van der Waals surface area (Å²) >= 11 is 0. The molecule has 0 saturated heterocycles. The lowest BCUT2D eigenvalue weighted by molar-refractivity contribution is 0.0938. The van der Waals surface area contributed by atoms with Gasteiger partial charge in [0.25, 0.3) is 5.91 Å². The van der Waals surface area contributed by atoms with Crippen molar-refractivity contribution in [2.24, 2.45) is 0 Å². The van der Waals surface area contributed by atoms with Crippen LogP contribution in [0.5, 0.6) is 0 Å². The molecule has 4 nitrogen and oxygen atoms in total. The zero-order valence-corrected chi connectivity index (χ0v) is 13.7. The van der Waals surface area contributed by atoms with Crippen LogP contribution >= 0.6 is 0 Å². The number of amides is 1. The number of halogens is 1. The molecule has 3 rings (SSSR count). The molecule has 0 bridgehead atoms. The van der Waals surface area contributed by atoms with Crippen LogP contribution in [-0.4, -0.2) is 10.5 Å². The summed E-state index contributed by atoms with van der Waals surface area (Å²) in [5.74, 6) is 0.282. The van der Waals surface area contributed by atoms with Crippen molar-refractivity contribution >= 4 is 5.91 Å². The van der Waals surface area contributed by atoms with Crippen LogP contribution < -0.4 is 5.32 Å². The minimum Gasteiger partial charge on any atom is -0.467 e. The molecule has 0 spiro atoms. The minimum atomic E-state index is -0.268. The fraction of sp³-hybridized carbons (Fsp3) is 0.211. The summed E-state index contributed by atoms with van der Waals surface area (Å²) in [6.07, 6.45) is 1.58. The topological polar surface area (TPSA) is 47.2 Å². The molecule has 0 saturated carbocycles. The lowest BCUT2D eigenvalue weighted by atomic mass is 10.2. The Bertz CT molecular complexity index is 833. The quantitative estimate of drug-likeness (QED) is 0.775. The summed E-state index contributed by atoms with van der Waals surface area (Å²) < 4.78 is 20.3. The van der Waals surface area contributed by atoms with Crippen LogP contribution in [0.4, 0.5) is 4.39 Å². The van der Waals surface area contributed by atoms with Gasteiger partial charge in [-0.15, -0.1) is 0 Å². The second kappa shape index (κ2) is 6.74. The van der Waals surface area contributed by atoms with E-state index in [0.717, 1.165) is 16.8 Å². The van der Waals surface area contributed by atoms with Gasteiger partial charge in [0, 0.05) is 12.2 Å². The van der Waals surface area contributed by atoms with Crippen molar-refractivity contribution in [2.45, 2.75) is 26.9 Å². The molecule has 0 aliphatic heterocycles. The Morgan fingerprint density at radius 2 is 1.96 bits per heavy atom. The Kier molecular flexibility index (Phi) is 4.51. The van der Waals surface area contributed by atoms with Crippen molar-refractivity contribution in [2.75, 3.05) is 0 Å². The molecular formula is C19H19FN2O2. The number of carbonyl (C=O) groups is 1. The number of hydrogen-bond donors (Lipinski definition) is 1. The van der Waals surface area contributed by atoms with Crippen molar-refractivity contribution in [1.29, 1.82) is 0 Å². The molecule has 0 radical (unpaired) electrons. The zero-order valence-electron chi connectivity index (χ0n) is 13.7. The molecule has 124 valence electrons. The number of benzene rings is 1. The lowest BCUT2D eigenvalue weighted by Gasteiger charge is -2.13. The van der Waals surface area contributed by atoms with E-state index in [1.54, 1.807) is 24.5 Å². The maximum atomic E-state index is 13.1. The largest absolute Gasteiger partial charge is 0.467 e. The predicted molar refractivity (Wildman–Crippen MR) is 89.3 cm³/mol. The van der Waals surface area contributed by atoms with Gasteiger partial charge in [-0.1, -0.05) is 12.1 Å². The van der Waals surface area contributed by atoms with Crippen LogP contribution in [0, 0.1) is 19.7 Å². The monoisotopic (exact) mass is 326 g/mol. The average Bonchev–Trinajstić information content (AvgIpc) is 3.16. The number of aromatic nitrogens is 1. The molecule has 2 aromatic heterocycles. The first-order chi connectivity index (χ1) is 11.5. The number of hydrogen-bond acceptors (Lipinski definition) is 2. The third kappa shape index (κ3) is 3.40. The van der Waals surface area contributed by atoms with Gasteiger partial charge in [-0.05, 0) is 55.3 Å². The lowest BCUT2D eigenvalue weighted by Crippen LogP contribution is -2.26. The smallest absolute Gasteiger partial charge is 0.268 e. The molecule has 1 aromatic carbocycles. The first kappa shape index (κ1) is 16.1. The van der Waals surface area contributed by atoms with E-state index < -0.39 is 0 Å². The van der Waals surface area contributed by atoms with Gasteiger partial charge >= 0.3 is 0 Å². The SMILES string of the molecule is Cc1cc(C)n(Cc2ccc(F)cc2)c1C(=O)NCc1ccco1. The maximum Gasteiger partial charge on any atom is 0.268 e. The van der Waals surface area contributed by atoms with Crippen LogP contribution in [0.3, 0.4) is 0 Å². The zero-order chi connectivity index (χ0) is 17.1. The number of nitrogens with zero attached hydrogens (tertiary/aromatic N) is 1. The van der Waals surface area contributed by atoms with Crippen LogP contribution in [0.25, 0.3) is 0 Å². The summed E-state index contributed by atoms with van der Waals surface area (Å²) in [5.41, 5.74) is 3.45. The average molecular weight is 326 g/mol. The summed E-state index contributed by atoms with van der Waals surface area (Å²) in [5, 5.41) is 2.88. The van der Waals surface area contributed by atoms with Gasteiger partial charge < -0.3 is 14.3 Å². The van der Waals surface area contributed by atoms with Crippen molar-refractivity contribution < 1.29 is 13.6 Å². The number of furan rings is 1. The fourth-order valence-corrected chi connectivity index (χ4v) is 2.79. The second-order valence-electron chi connectivity index (χ2n) is 5.79. The van der Waals surface area contributed by atoms with E-state index in [4.69, 9.17) is 4.42 Å². The molecule has 0 atom stereocenters. The maximum absolute atomic E-state index is 13.1. The molecular weight excluding hydrogens is 307 g/mol. The minimum absolute atomic E-state index is 0.154. The first-order valence-electron chi connectivity index (χ1n) is 7.76. The van der Waals surface area contributed by atoms with Gasteiger partial charge in [-0.3, -0.25) is 4.79 Å². The van der Waals surface area contributed by atoms with Crippen molar-refractivity contribution in [3.63, 3.8) is 0 Å². The summed E-state index contributed by atoms with van der Waals surface area (Å²) in [6, 6.07) is 11.9. The number of aryl methyl sites for hydroxylation is 2. The normalized spacial score (nSPS) is 10.8. The van der Waals surface area contributed by atoms with Gasteiger partial charge in [-0.2, -0.15) is 0 Å². The predicted octanol–water partition coefficient (Wildman–Crippen LogP) is 3.82. The first-order valence-corrected chi connectivity index (χ1v) is 7.76. The third-order valence-electron chi connectivity index (χ3n) is 3.97. The van der Waals surface area contributed by atoms with Gasteiger partial charge in [0.2, 0.25) is 0 Å². The fourth-order valence-electron chi connectivity index (χ4n) is 2.79. The molecule has 0 aliphatic carbocycles. The summed E-state index contributed by atoms with van der Waals surface area (Å²) in [7, 11) is 0. The number of rotatable bonds is 5. The highest BCUT2D eigenvalue weighted by Crippen LogP contribution is 2.18. The molecule has 0 unspecified atom stereocenters. The molecule has 1 amide bonds. The Morgan fingerprint density at radius 1 is 1.21 bits per heavy atom. The summed E-state index contributed by atoms with van der Waals surface area (Å²) in [6.45, 7) is 4.73. The van der Waals surface area contributed by atoms with E-state index >= 15 is 0 Å². The number of nitrogens with one attached hydrogen (secondary N) is 1. The third-order valence-corrected chi connectivity index (χ3v) is 3.97. The van der Waals surface area contributed by atoms with Crippen LogP contribution in [0.15, 0.2) is 53.1 Å². The molecule has 0 fully saturated rings. The van der Waals surface area contributed by atoms with Crippen molar-refractivity contribution in [1.82, 2.24) is 9.88 Å². The van der Waals surface area contributed by atoms with E-state index in [9.17, 15) is 9.18 Å². The highest BCUT2D eigenvalue weighted by atomic mass is 19.1. The Balaban J connectivity index is 1.81. The Hall–Kier alpha value is -2.82. The van der Waals surface area contributed by atoms with E-state index in [0.29, 0.717) is 24.5 Å². The van der Waals surface area contributed by atoms with E-state index in [1.807, 2.05) is 30.5 Å². The highest BCUT2D eigenvalue weighted by Gasteiger charge is 2.17. The van der Waals surface area contributed by atoms with Crippen molar-refractivity contribution in [3.05, 3.63) is 82.8 Å². The van der Waals surface area contributed by atoms with Gasteiger partial charge in [0.1, 0.15) is 17.3 Å². The molecule has 5 heteroatoms. The van der Waals surface area contributed by atoms with Crippen LogP contribution in [0.2, 0.25) is 0 Å². The van der Waals surface area contributed by atoms with Crippen LogP contribution in [0.1, 0.15) is 33.1 Å². The molecule has 0 aliphatic rings. The highest BCUT2D eigenvalue weighted by molar-refractivity contribution is 5.94.